The maximum atomic E-state index is 13.4. The van der Waals surface area contributed by atoms with Crippen molar-refractivity contribution in [2.24, 2.45) is 5.16 Å². The fourth-order valence-corrected chi connectivity index (χ4v) is 4.84. The normalized spacial score (nSPS) is 17.3. The predicted molar refractivity (Wildman–Crippen MR) is 135 cm³/mol. The SMILES string of the molecule is CN(C)CCN1CCN(C(=O)c2cc(-c3ccc4c(c3)CC/C4=N\O)c(-c3ccncc3)o2)CC1. The molecule has 0 atom stereocenters. The molecule has 35 heavy (non-hydrogen) atoms. The Morgan fingerprint density at radius 3 is 2.51 bits per heavy atom. The number of benzene rings is 1. The molecule has 0 bridgehead atoms. The van der Waals surface area contributed by atoms with Crippen LogP contribution in [0, 0.1) is 0 Å². The first kappa shape index (κ1) is 23.3. The summed E-state index contributed by atoms with van der Waals surface area (Å²) in [7, 11) is 4.16. The van der Waals surface area contributed by atoms with Crippen molar-refractivity contribution in [2.45, 2.75) is 12.8 Å². The monoisotopic (exact) mass is 473 g/mol. The number of hydrogen-bond acceptors (Lipinski definition) is 7. The number of furan rings is 1. The van der Waals surface area contributed by atoms with E-state index in [-0.39, 0.29) is 5.91 Å². The summed E-state index contributed by atoms with van der Waals surface area (Å²) in [5.41, 5.74) is 5.56. The number of likely N-dealkylation sites (N-methyl/N-ethyl adjacent to an activating group) is 1. The number of nitrogens with zero attached hydrogens (tertiary/aromatic N) is 5. The van der Waals surface area contributed by atoms with E-state index in [2.05, 4.69) is 40.1 Å². The van der Waals surface area contributed by atoms with Crippen molar-refractivity contribution in [3.63, 3.8) is 0 Å². The highest BCUT2D eigenvalue weighted by Gasteiger charge is 2.27. The van der Waals surface area contributed by atoms with Gasteiger partial charge >= 0.3 is 0 Å². The van der Waals surface area contributed by atoms with Gasteiger partial charge in [-0.1, -0.05) is 23.4 Å². The van der Waals surface area contributed by atoms with Crippen LogP contribution in [0.15, 0.2) is 58.4 Å². The van der Waals surface area contributed by atoms with Gasteiger partial charge in [0.2, 0.25) is 0 Å². The lowest BCUT2D eigenvalue weighted by Gasteiger charge is -2.34. The third-order valence-corrected chi connectivity index (χ3v) is 6.89. The number of aryl methyl sites for hydroxylation is 1. The van der Waals surface area contributed by atoms with Gasteiger partial charge in [-0.05, 0) is 56.3 Å². The molecule has 182 valence electrons. The van der Waals surface area contributed by atoms with E-state index in [1.54, 1.807) is 12.4 Å². The molecule has 0 saturated carbocycles. The van der Waals surface area contributed by atoms with E-state index >= 15 is 0 Å². The molecule has 2 aromatic heterocycles. The number of hydrogen-bond donors (Lipinski definition) is 1. The summed E-state index contributed by atoms with van der Waals surface area (Å²) >= 11 is 0. The number of rotatable bonds is 6. The zero-order valence-electron chi connectivity index (χ0n) is 20.3. The van der Waals surface area contributed by atoms with Crippen LogP contribution in [-0.4, -0.2) is 89.9 Å². The number of fused-ring (bicyclic) bond motifs is 1. The largest absolute Gasteiger partial charge is 0.450 e. The lowest BCUT2D eigenvalue weighted by molar-refractivity contribution is 0.0600. The average Bonchev–Trinajstić information content (AvgIpc) is 3.52. The Labute approximate surface area is 205 Å². The summed E-state index contributed by atoms with van der Waals surface area (Å²) in [4.78, 5) is 24.0. The number of pyridine rings is 1. The Bertz CT molecular complexity index is 1230. The van der Waals surface area contributed by atoms with Gasteiger partial charge in [0.25, 0.3) is 5.91 Å². The van der Waals surface area contributed by atoms with Crippen molar-refractivity contribution in [1.82, 2.24) is 19.7 Å². The lowest BCUT2D eigenvalue weighted by atomic mass is 9.98. The number of amides is 1. The minimum atomic E-state index is -0.0744. The van der Waals surface area contributed by atoms with Crippen LogP contribution in [0.5, 0.6) is 0 Å². The molecular formula is C27H31N5O3. The van der Waals surface area contributed by atoms with Crippen LogP contribution >= 0.6 is 0 Å². The Morgan fingerprint density at radius 2 is 1.80 bits per heavy atom. The molecule has 1 saturated heterocycles. The minimum Gasteiger partial charge on any atom is -0.450 e. The molecule has 1 aromatic carbocycles. The molecule has 0 radical (unpaired) electrons. The standard InChI is InChI=1S/C27H31N5O3/c1-30(2)11-12-31-13-15-32(16-14-31)27(33)25-18-23(26(35-25)19-7-9-28-10-8-19)21-3-5-22-20(17-21)4-6-24(22)29-34/h3,5,7-10,17-18,34H,4,6,11-16H2,1-2H3/b29-24+. The molecule has 1 fully saturated rings. The van der Waals surface area contributed by atoms with Gasteiger partial charge in [-0.25, -0.2) is 0 Å². The fourth-order valence-electron chi connectivity index (χ4n) is 4.84. The summed E-state index contributed by atoms with van der Waals surface area (Å²) in [5, 5.41) is 12.7. The maximum absolute atomic E-state index is 13.4. The van der Waals surface area contributed by atoms with Gasteiger partial charge in [0.15, 0.2) is 5.76 Å². The third kappa shape index (κ3) is 4.85. The second kappa shape index (κ2) is 10.0. The van der Waals surface area contributed by atoms with Crippen molar-refractivity contribution in [3.05, 3.63) is 65.7 Å². The molecular weight excluding hydrogens is 442 g/mol. The molecule has 0 spiro atoms. The first-order valence-electron chi connectivity index (χ1n) is 12.1. The smallest absolute Gasteiger partial charge is 0.289 e. The molecule has 1 aliphatic heterocycles. The Balaban J connectivity index is 1.42. The highest BCUT2D eigenvalue weighted by atomic mass is 16.4. The summed E-state index contributed by atoms with van der Waals surface area (Å²) < 4.78 is 6.23. The minimum absolute atomic E-state index is 0.0744. The van der Waals surface area contributed by atoms with Gasteiger partial charge < -0.3 is 19.4 Å². The molecule has 1 amide bonds. The molecule has 8 heteroatoms. The van der Waals surface area contributed by atoms with E-state index in [1.807, 2.05) is 35.2 Å². The van der Waals surface area contributed by atoms with Gasteiger partial charge in [-0.2, -0.15) is 0 Å². The summed E-state index contributed by atoms with van der Waals surface area (Å²) in [6.07, 6.45) is 5.00. The summed E-state index contributed by atoms with van der Waals surface area (Å²) in [6.45, 7) is 5.13. The third-order valence-electron chi connectivity index (χ3n) is 6.89. The number of aromatic nitrogens is 1. The van der Waals surface area contributed by atoms with E-state index in [4.69, 9.17) is 4.42 Å². The first-order valence-corrected chi connectivity index (χ1v) is 12.1. The van der Waals surface area contributed by atoms with E-state index in [1.165, 1.54) is 0 Å². The van der Waals surface area contributed by atoms with Crippen LogP contribution in [0.1, 0.15) is 28.1 Å². The zero-order chi connectivity index (χ0) is 24.4. The van der Waals surface area contributed by atoms with Crippen molar-refractivity contribution in [1.29, 1.82) is 0 Å². The van der Waals surface area contributed by atoms with Crippen molar-refractivity contribution in [2.75, 3.05) is 53.4 Å². The topological polar surface area (TPSA) is 85.4 Å². The second-order valence-corrected chi connectivity index (χ2v) is 9.45. The summed E-state index contributed by atoms with van der Waals surface area (Å²) in [5.74, 6) is 0.940. The highest BCUT2D eigenvalue weighted by Crippen LogP contribution is 2.37. The van der Waals surface area contributed by atoms with Crippen LogP contribution < -0.4 is 0 Å². The maximum Gasteiger partial charge on any atom is 0.289 e. The van der Waals surface area contributed by atoms with E-state index in [0.717, 1.165) is 66.8 Å². The van der Waals surface area contributed by atoms with Gasteiger partial charge in [0.05, 0.1) is 5.71 Å². The van der Waals surface area contributed by atoms with Crippen LogP contribution in [-0.2, 0) is 6.42 Å². The Kier molecular flexibility index (Phi) is 6.66. The molecule has 2 aliphatic rings. The quantitative estimate of drug-likeness (QED) is 0.436. The number of oxime groups is 1. The lowest BCUT2D eigenvalue weighted by Crippen LogP contribution is -2.49. The highest BCUT2D eigenvalue weighted by molar-refractivity contribution is 6.05. The molecule has 3 aromatic rings. The van der Waals surface area contributed by atoms with Gasteiger partial charge in [0, 0.05) is 68.4 Å². The van der Waals surface area contributed by atoms with Crippen molar-refractivity contribution < 1.29 is 14.4 Å². The van der Waals surface area contributed by atoms with Crippen LogP contribution in [0.2, 0.25) is 0 Å². The number of piperazine rings is 1. The van der Waals surface area contributed by atoms with Gasteiger partial charge in [-0.15, -0.1) is 0 Å². The number of carbonyl (C=O) groups is 1. The predicted octanol–water partition coefficient (Wildman–Crippen LogP) is 3.45. The van der Waals surface area contributed by atoms with Crippen LogP contribution in [0.3, 0.4) is 0 Å². The molecule has 8 nitrogen and oxygen atoms in total. The van der Waals surface area contributed by atoms with E-state index < -0.39 is 0 Å². The van der Waals surface area contributed by atoms with Crippen molar-refractivity contribution >= 4 is 11.6 Å². The number of carbonyl (C=O) groups excluding carboxylic acids is 1. The Morgan fingerprint density at radius 1 is 1.03 bits per heavy atom. The average molecular weight is 474 g/mol. The second-order valence-electron chi connectivity index (χ2n) is 9.45. The first-order chi connectivity index (χ1) is 17.0. The van der Waals surface area contributed by atoms with Crippen molar-refractivity contribution in [3.8, 4) is 22.5 Å². The molecule has 0 unspecified atom stereocenters. The van der Waals surface area contributed by atoms with Gasteiger partial charge in [-0.3, -0.25) is 14.7 Å². The van der Waals surface area contributed by atoms with E-state index in [9.17, 15) is 10.0 Å². The molecule has 1 N–H and O–H groups in total. The zero-order valence-corrected chi connectivity index (χ0v) is 20.3. The molecule has 3 heterocycles. The van der Waals surface area contributed by atoms with E-state index in [0.29, 0.717) is 30.3 Å². The van der Waals surface area contributed by atoms with Crippen LogP contribution in [0.25, 0.3) is 22.5 Å². The Hall–Kier alpha value is -3.49. The fraction of sp³-hybridized carbons (Fsp3) is 0.370. The van der Waals surface area contributed by atoms with Crippen LogP contribution in [0.4, 0.5) is 0 Å². The summed E-state index contributed by atoms with van der Waals surface area (Å²) in [6, 6.07) is 11.8. The molecule has 5 rings (SSSR count). The van der Waals surface area contributed by atoms with Gasteiger partial charge in [0.1, 0.15) is 5.76 Å². The molecule has 1 aliphatic carbocycles.